The normalized spacial score (nSPS) is 26.3. The van der Waals surface area contributed by atoms with Crippen molar-refractivity contribution in [2.24, 2.45) is 5.92 Å². The summed E-state index contributed by atoms with van der Waals surface area (Å²) in [5.41, 5.74) is 0.728. The van der Waals surface area contributed by atoms with Crippen molar-refractivity contribution in [3.8, 4) is 0 Å². The van der Waals surface area contributed by atoms with Gasteiger partial charge in [0.2, 0.25) is 0 Å². The van der Waals surface area contributed by atoms with Crippen LogP contribution >= 0.6 is 34.2 Å². The Kier molecular flexibility index (Phi) is 4.01. The van der Waals surface area contributed by atoms with Gasteiger partial charge in [-0.3, -0.25) is 4.79 Å². The van der Waals surface area contributed by atoms with Crippen molar-refractivity contribution in [2.75, 3.05) is 19.6 Å². The van der Waals surface area contributed by atoms with Crippen LogP contribution in [0.15, 0.2) is 18.2 Å². The van der Waals surface area contributed by atoms with E-state index in [0.717, 1.165) is 28.8 Å². The highest BCUT2D eigenvalue weighted by atomic mass is 127. The van der Waals surface area contributed by atoms with Gasteiger partial charge in [0.1, 0.15) is 0 Å². The molecule has 0 aromatic heterocycles. The second-order valence-corrected chi connectivity index (χ2v) is 6.90. The van der Waals surface area contributed by atoms with E-state index >= 15 is 0 Å². The third-order valence-corrected chi connectivity index (χ3v) is 5.22. The number of rotatable bonds is 1. The highest BCUT2D eigenvalue weighted by molar-refractivity contribution is 14.1. The van der Waals surface area contributed by atoms with E-state index in [1.54, 1.807) is 6.07 Å². The van der Waals surface area contributed by atoms with Crippen molar-refractivity contribution >= 4 is 40.1 Å². The van der Waals surface area contributed by atoms with Crippen molar-refractivity contribution in [1.82, 2.24) is 10.2 Å². The van der Waals surface area contributed by atoms with E-state index in [2.05, 4.69) is 27.9 Å². The fourth-order valence-corrected chi connectivity index (χ4v) is 3.78. The molecule has 1 amide bonds. The lowest BCUT2D eigenvalue weighted by molar-refractivity contribution is 0.0784. The monoisotopic (exact) mass is 390 g/mol. The van der Waals surface area contributed by atoms with Crippen molar-refractivity contribution in [3.63, 3.8) is 0 Å². The van der Waals surface area contributed by atoms with Gasteiger partial charge in [-0.15, -0.1) is 0 Å². The predicted molar refractivity (Wildman–Crippen MR) is 84.6 cm³/mol. The van der Waals surface area contributed by atoms with Gasteiger partial charge in [0.15, 0.2) is 0 Å². The molecule has 0 saturated carbocycles. The molecule has 2 heterocycles. The predicted octanol–water partition coefficient (Wildman–Crippen LogP) is 2.77. The van der Waals surface area contributed by atoms with Crippen LogP contribution in [-0.4, -0.2) is 36.5 Å². The maximum Gasteiger partial charge on any atom is 0.255 e. The zero-order chi connectivity index (χ0) is 13.4. The Balaban J connectivity index is 1.79. The van der Waals surface area contributed by atoms with Crippen molar-refractivity contribution < 1.29 is 4.79 Å². The van der Waals surface area contributed by atoms with E-state index in [9.17, 15) is 4.79 Å². The summed E-state index contributed by atoms with van der Waals surface area (Å²) >= 11 is 8.20. The van der Waals surface area contributed by atoms with E-state index < -0.39 is 0 Å². The molecule has 2 saturated heterocycles. The van der Waals surface area contributed by atoms with Gasteiger partial charge in [0.05, 0.1) is 5.56 Å². The molecule has 19 heavy (non-hydrogen) atoms. The Bertz CT molecular complexity index is 494. The average molecular weight is 391 g/mol. The number of amides is 1. The molecule has 3 rings (SSSR count). The molecule has 3 nitrogen and oxygen atoms in total. The van der Waals surface area contributed by atoms with Crippen LogP contribution in [0.1, 0.15) is 23.2 Å². The summed E-state index contributed by atoms with van der Waals surface area (Å²) in [6.07, 6.45) is 2.45. The van der Waals surface area contributed by atoms with E-state index in [0.29, 0.717) is 17.0 Å². The second-order valence-electron chi connectivity index (χ2n) is 5.30. The number of halogens is 2. The molecule has 1 aromatic carbocycles. The van der Waals surface area contributed by atoms with E-state index in [-0.39, 0.29) is 5.91 Å². The molecule has 2 atom stereocenters. The number of benzene rings is 1. The van der Waals surface area contributed by atoms with Crippen LogP contribution in [0, 0.1) is 9.49 Å². The molecule has 2 aliphatic heterocycles. The van der Waals surface area contributed by atoms with Gasteiger partial charge in [-0.1, -0.05) is 11.6 Å². The molecule has 5 heteroatoms. The first-order valence-electron chi connectivity index (χ1n) is 6.63. The highest BCUT2D eigenvalue weighted by Crippen LogP contribution is 2.27. The minimum absolute atomic E-state index is 0.114. The summed E-state index contributed by atoms with van der Waals surface area (Å²) in [7, 11) is 0. The number of hydrogen-bond donors (Lipinski definition) is 1. The van der Waals surface area contributed by atoms with Crippen molar-refractivity contribution in [2.45, 2.75) is 18.9 Å². The Morgan fingerprint density at radius 3 is 3.05 bits per heavy atom. The standard InChI is InChI=1S/C14H16ClIN2O/c15-10-3-4-12(16)11(6-10)14(19)18-7-9-2-1-5-17-13(9)8-18/h3-4,6,9,13,17H,1-2,5,7-8H2/t9-,13+/m0/s1. The van der Waals surface area contributed by atoms with Gasteiger partial charge >= 0.3 is 0 Å². The summed E-state index contributed by atoms with van der Waals surface area (Å²) in [5, 5.41) is 4.15. The van der Waals surface area contributed by atoms with Gasteiger partial charge < -0.3 is 10.2 Å². The number of carbonyl (C=O) groups excluding carboxylic acids is 1. The third-order valence-electron chi connectivity index (χ3n) is 4.05. The SMILES string of the molecule is O=C(c1cc(Cl)ccc1I)N1C[C@@H]2CCCN[C@@H]2C1. The van der Waals surface area contributed by atoms with Crippen molar-refractivity contribution in [3.05, 3.63) is 32.4 Å². The maximum absolute atomic E-state index is 12.6. The topological polar surface area (TPSA) is 32.3 Å². The van der Waals surface area contributed by atoms with E-state index in [1.165, 1.54) is 12.8 Å². The summed E-state index contributed by atoms with van der Waals surface area (Å²) in [4.78, 5) is 14.6. The molecule has 1 aromatic rings. The largest absolute Gasteiger partial charge is 0.337 e. The first-order chi connectivity index (χ1) is 9.15. The number of nitrogens with zero attached hydrogens (tertiary/aromatic N) is 1. The number of likely N-dealkylation sites (tertiary alicyclic amines) is 1. The van der Waals surface area contributed by atoms with Crippen LogP contribution < -0.4 is 5.32 Å². The van der Waals surface area contributed by atoms with Crippen LogP contribution in [0.5, 0.6) is 0 Å². The van der Waals surface area contributed by atoms with Crippen LogP contribution in [0.25, 0.3) is 0 Å². The molecule has 102 valence electrons. The van der Waals surface area contributed by atoms with Crippen LogP contribution in [0.4, 0.5) is 0 Å². The van der Waals surface area contributed by atoms with Gasteiger partial charge in [-0.25, -0.2) is 0 Å². The minimum Gasteiger partial charge on any atom is -0.337 e. The number of carbonyl (C=O) groups is 1. The maximum atomic E-state index is 12.6. The fourth-order valence-electron chi connectivity index (χ4n) is 3.04. The van der Waals surface area contributed by atoms with Gasteiger partial charge in [0.25, 0.3) is 5.91 Å². The Morgan fingerprint density at radius 1 is 1.42 bits per heavy atom. The zero-order valence-corrected chi connectivity index (χ0v) is 13.4. The van der Waals surface area contributed by atoms with Gasteiger partial charge in [-0.05, 0) is 66.1 Å². The Labute approximate surface area is 131 Å². The lowest BCUT2D eigenvalue weighted by atomic mass is 9.94. The smallest absolute Gasteiger partial charge is 0.255 e. The summed E-state index contributed by atoms with van der Waals surface area (Å²) in [5.74, 6) is 0.734. The molecule has 0 unspecified atom stereocenters. The third kappa shape index (κ3) is 2.76. The van der Waals surface area contributed by atoms with Crippen molar-refractivity contribution in [1.29, 1.82) is 0 Å². The van der Waals surface area contributed by atoms with Crippen LogP contribution in [0.3, 0.4) is 0 Å². The summed E-state index contributed by atoms with van der Waals surface area (Å²) < 4.78 is 0.967. The molecule has 0 bridgehead atoms. The summed E-state index contributed by atoms with van der Waals surface area (Å²) in [6, 6.07) is 5.99. The molecule has 0 radical (unpaired) electrons. The number of piperidine rings is 1. The molecule has 2 aliphatic rings. The van der Waals surface area contributed by atoms with Crippen LogP contribution in [0.2, 0.25) is 5.02 Å². The quantitative estimate of drug-likeness (QED) is 0.748. The van der Waals surface area contributed by atoms with Gasteiger partial charge in [0, 0.05) is 27.7 Å². The molecular weight excluding hydrogens is 375 g/mol. The second kappa shape index (κ2) is 5.58. The molecule has 0 aliphatic carbocycles. The number of fused-ring (bicyclic) bond motifs is 1. The lowest BCUT2D eigenvalue weighted by Gasteiger charge is -2.24. The number of nitrogens with one attached hydrogen (secondary N) is 1. The first-order valence-corrected chi connectivity index (χ1v) is 8.08. The number of hydrogen-bond acceptors (Lipinski definition) is 2. The summed E-state index contributed by atoms with van der Waals surface area (Å²) in [6.45, 7) is 2.78. The molecule has 2 fully saturated rings. The molecule has 1 N–H and O–H groups in total. The fraction of sp³-hybridized carbons (Fsp3) is 0.500. The molecule has 0 spiro atoms. The molecular formula is C14H16ClIN2O. The minimum atomic E-state index is 0.114. The highest BCUT2D eigenvalue weighted by Gasteiger charge is 2.36. The van der Waals surface area contributed by atoms with Gasteiger partial charge in [-0.2, -0.15) is 0 Å². The zero-order valence-electron chi connectivity index (χ0n) is 10.5. The Hall–Kier alpha value is -0.330. The average Bonchev–Trinajstić information content (AvgIpc) is 2.84. The first kappa shape index (κ1) is 13.6. The van der Waals surface area contributed by atoms with Crippen LogP contribution in [-0.2, 0) is 0 Å². The lowest BCUT2D eigenvalue weighted by Crippen LogP contribution is -2.41. The van der Waals surface area contributed by atoms with E-state index in [4.69, 9.17) is 11.6 Å². The van der Waals surface area contributed by atoms with E-state index in [1.807, 2.05) is 17.0 Å². The Morgan fingerprint density at radius 2 is 2.26 bits per heavy atom.